The van der Waals surface area contributed by atoms with Gasteiger partial charge < -0.3 is 5.32 Å². The number of rotatable bonds is 5. The van der Waals surface area contributed by atoms with Crippen molar-refractivity contribution in [3.05, 3.63) is 29.8 Å². The molecule has 1 saturated heterocycles. The summed E-state index contributed by atoms with van der Waals surface area (Å²) >= 11 is 0. The summed E-state index contributed by atoms with van der Waals surface area (Å²) in [5, 5.41) is 3.39. The minimum absolute atomic E-state index is 0.0468. The summed E-state index contributed by atoms with van der Waals surface area (Å²) < 4.78 is 0. The highest BCUT2D eigenvalue weighted by molar-refractivity contribution is 6.01. The van der Waals surface area contributed by atoms with Crippen LogP contribution in [-0.4, -0.2) is 29.3 Å². The fraction of sp³-hybridized carbons (Fsp3) is 0.467. The third-order valence-electron chi connectivity index (χ3n) is 3.44. The summed E-state index contributed by atoms with van der Waals surface area (Å²) in [5.74, 6) is -0.0935. The van der Waals surface area contributed by atoms with Crippen LogP contribution in [-0.2, 0) is 9.59 Å². The van der Waals surface area contributed by atoms with Gasteiger partial charge in [-0.1, -0.05) is 19.1 Å². The Kier molecular flexibility index (Phi) is 4.20. The SMILES string of the molecule is CCC(CN1C(=O)CCC1=O)Nc1cccc(C)c1. The van der Waals surface area contributed by atoms with Gasteiger partial charge in [-0.05, 0) is 31.0 Å². The summed E-state index contributed by atoms with van der Waals surface area (Å²) in [6.45, 7) is 4.56. The molecule has 2 amide bonds. The second-order valence-electron chi connectivity index (χ2n) is 5.02. The normalized spacial score (nSPS) is 16.8. The molecule has 0 radical (unpaired) electrons. The Morgan fingerprint density at radius 3 is 2.53 bits per heavy atom. The Balaban J connectivity index is 2.00. The van der Waals surface area contributed by atoms with E-state index in [2.05, 4.69) is 18.3 Å². The Morgan fingerprint density at radius 1 is 1.26 bits per heavy atom. The summed E-state index contributed by atoms with van der Waals surface area (Å²) in [4.78, 5) is 24.6. The predicted molar refractivity (Wildman–Crippen MR) is 74.8 cm³/mol. The zero-order valence-corrected chi connectivity index (χ0v) is 11.5. The first-order chi connectivity index (χ1) is 9.10. The zero-order valence-electron chi connectivity index (χ0n) is 11.5. The smallest absolute Gasteiger partial charge is 0.229 e. The summed E-state index contributed by atoms with van der Waals surface area (Å²) in [5.41, 5.74) is 2.22. The lowest BCUT2D eigenvalue weighted by Gasteiger charge is -2.23. The van der Waals surface area contributed by atoms with Crippen molar-refractivity contribution in [1.82, 2.24) is 4.90 Å². The van der Waals surface area contributed by atoms with Gasteiger partial charge in [0.15, 0.2) is 0 Å². The van der Waals surface area contributed by atoms with Crippen LogP contribution in [0.1, 0.15) is 31.7 Å². The van der Waals surface area contributed by atoms with E-state index in [0.717, 1.165) is 12.1 Å². The van der Waals surface area contributed by atoms with Crippen molar-refractivity contribution < 1.29 is 9.59 Å². The van der Waals surface area contributed by atoms with Crippen molar-refractivity contribution in [2.24, 2.45) is 0 Å². The van der Waals surface area contributed by atoms with Crippen LogP contribution in [0.4, 0.5) is 5.69 Å². The second-order valence-corrected chi connectivity index (χ2v) is 5.02. The molecule has 1 aliphatic rings. The molecule has 19 heavy (non-hydrogen) atoms. The van der Waals surface area contributed by atoms with Gasteiger partial charge in [0.1, 0.15) is 0 Å². The van der Waals surface area contributed by atoms with Crippen molar-refractivity contribution in [1.29, 1.82) is 0 Å². The van der Waals surface area contributed by atoms with Crippen LogP contribution in [0.5, 0.6) is 0 Å². The molecule has 1 fully saturated rings. The van der Waals surface area contributed by atoms with Crippen LogP contribution in [0, 0.1) is 6.92 Å². The molecule has 1 atom stereocenters. The van der Waals surface area contributed by atoms with E-state index >= 15 is 0 Å². The molecule has 1 heterocycles. The van der Waals surface area contributed by atoms with E-state index in [1.165, 1.54) is 10.5 Å². The average molecular weight is 260 g/mol. The molecule has 4 heteroatoms. The molecule has 1 N–H and O–H groups in total. The summed E-state index contributed by atoms with van der Waals surface area (Å²) in [7, 11) is 0. The molecule has 1 aromatic carbocycles. The van der Waals surface area contributed by atoms with E-state index in [-0.39, 0.29) is 17.9 Å². The zero-order chi connectivity index (χ0) is 13.8. The molecule has 0 spiro atoms. The standard InChI is InChI=1S/C15H20N2O2/c1-3-12(10-17-14(18)7-8-15(17)19)16-13-6-4-5-11(2)9-13/h4-6,9,12,16H,3,7-8,10H2,1-2H3. The number of anilines is 1. The van der Waals surface area contributed by atoms with Crippen molar-refractivity contribution in [3.63, 3.8) is 0 Å². The number of benzene rings is 1. The van der Waals surface area contributed by atoms with Crippen LogP contribution < -0.4 is 5.32 Å². The number of hydrogen-bond acceptors (Lipinski definition) is 3. The summed E-state index contributed by atoms with van der Waals surface area (Å²) in [6, 6.07) is 8.21. The molecule has 4 nitrogen and oxygen atoms in total. The van der Waals surface area contributed by atoms with Crippen LogP contribution in [0.15, 0.2) is 24.3 Å². The Morgan fingerprint density at radius 2 is 1.95 bits per heavy atom. The lowest BCUT2D eigenvalue weighted by molar-refractivity contribution is -0.138. The maximum absolute atomic E-state index is 11.6. The fourth-order valence-corrected chi connectivity index (χ4v) is 2.29. The lowest BCUT2D eigenvalue weighted by atomic mass is 10.1. The van der Waals surface area contributed by atoms with Gasteiger partial charge >= 0.3 is 0 Å². The molecule has 0 saturated carbocycles. The molecule has 1 unspecified atom stereocenters. The number of aryl methyl sites for hydroxylation is 1. The molecule has 102 valence electrons. The lowest BCUT2D eigenvalue weighted by Crippen LogP contribution is -2.39. The molecular formula is C15H20N2O2. The monoisotopic (exact) mass is 260 g/mol. The van der Waals surface area contributed by atoms with Gasteiger partial charge in [0.2, 0.25) is 11.8 Å². The number of nitrogens with one attached hydrogen (secondary N) is 1. The first-order valence-electron chi connectivity index (χ1n) is 6.76. The number of likely N-dealkylation sites (tertiary alicyclic amines) is 1. The molecule has 2 rings (SSSR count). The van der Waals surface area contributed by atoms with E-state index in [0.29, 0.717) is 19.4 Å². The largest absolute Gasteiger partial charge is 0.381 e. The first kappa shape index (κ1) is 13.6. The van der Waals surface area contributed by atoms with Gasteiger partial charge in [0.25, 0.3) is 0 Å². The van der Waals surface area contributed by atoms with Gasteiger partial charge in [0.05, 0.1) is 0 Å². The Bertz CT molecular complexity index is 469. The molecule has 1 aromatic rings. The van der Waals surface area contributed by atoms with Crippen molar-refractivity contribution in [3.8, 4) is 0 Å². The number of carbonyl (C=O) groups excluding carboxylic acids is 2. The third-order valence-corrected chi connectivity index (χ3v) is 3.44. The Hall–Kier alpha value is -1.84. The van der Waals surface area contributed by atoms with E-state index in [1.54, 1.807) is 0 Å². The highest BCUT2D eigenvalue weighted by Gasteiger charge is 2.30. The number of nitrogens with zero attached hydrogens (tertiary/aromatic N) is 1. The van der Waals surface area contributed by atoms with Gasteiger partial charge in [-0.25, -0.2) is 0 Å². The van der Waals surface area contributed by atoms with Gasteiger partial charge in [-0.3, -0.25) is 14.5 Å². The number of carbonyl (C=O) groups is 2. The topological polar surface area (TPSA) is 49.4 Å². The van der Waals surface area contributed by atoms with Crippen molar-refractivity contribution in [2.75, 3.05) is 11.9 Å². The van der Waals surface area contributed by atoms with Crippen molar-refractivity contribution >= 4 is 17.5 Å². The van der Waals surface area contributed by atoms with E-state index in [4.69, 9.17) is 0 Å². The molecule has 1 aliphatic heterocycles. The predicted octanol–water partition coefficient (Wildman–Crippen LogP) is 2.33. The highest BCUT2D eigenvalue weighted by Crippen LogP contribution is 2.16. The molecular weight excluding hydrogens is 240 g/mol. The van der Waals surface area contributed by atoms with Crippen LogP contribution in [0.3, 0.4) is 0 Å². The number of imide groups is 1. The van der Waals surface area contributed by atoms with Gasteiger partial charge in [-0.2, -0.15) is 0 Å². The quantitative estimate of drug-likeness (QED) is 0.827. The van der Waals surface area contributed by atoms with E-state index in [9.17, 15) is 9.59 Å². The van der Waals surface area contributed by atoms with Crippen LogP contribution in [0.25, 0.3) is 0 Å². The number of amides is 2. The minimum atomic E-state index is -0.0468. The van der Waals surface area contributed by atoms with Crippen LogP contribution in [0.2, 0.25) is 0 Å². The maximum Gasteiger partial charge on any atom is 0.229 e. The first-order valence-corrected chi connectivity index (χ1v) is 6.76. The maximum atomic E-state index is 11.6. The van der Waals surface area contributed by atoms with Crippen molar-refractivity contribution in [2.45, 2.75) is 39.2 Å². The molecule has 0 aliphatic carbocycles. The van der Waals surface area contributed by atoms with Gasteiger partial charge in [0, 0.05) is 31.1 Å². The molecule has 0 aromatic heterocycles. The minimum Gasteiger partial charge on any atom is -0.381 e. The van der Waals surface area contributed by atoms with Crippen LogP contribution >= 0.6 is 0 Å². The fourth-order valence-electron chi connectivity index (χ4n) is 2.29. The summed E-state index contributed by atoms with van der Waals surface area (Å²) in [6.07, 6.45) is 1.59. The highest BCUT2D eigenvalue weighted by atomic mass is 16.2. The third kappa shape index (κ3) is 3.34. The number of hydrogen-bond donors (Lipinski definition) is 1. The second kappa shape index (κ2) is 5.87. The van der Waals surface area contributed by atoms with Gasteiger partial charge in [-0.15, -0.1) is 0 Å². The van der Waals surface area contributed by atoms with E-state index < -0.39 is 0 Å². The average Bonchev–Trinajstić information content (AvgIpc) is 2.69. The van der Waals surface area contributed by atoms with E-state index in [1.807, 2.05) is 25.1 Å². The molecule has 0 bridgehead atoms. The Labute approximate surface area is 113 Å².